The Morgan fingerprint density at radius 2 is 0.771 bits per heavy atom. The molecule has 1 rings (SSSR count). The van der Waals surface area contributed by atoms with Crippen molar-refractivity contribution >= 4 is 10.1 Å². The predicted octanol–water partition coefficient (Wildman–Crippen LogP) is 9.73. The summed E-state index contributed by atoms with van der Waals surface area (Å²) in [6.45, 7) is 11.1. The van der Waals surface area contributed by atoms with E-state index in [2.05, 4.69) is 34.6 Å². The molecule has 35 heavy (non-hydrogen) atoms. The fourth-order valence-corrected chi connectivity index (χ4v) is 6.60. The number of benzene rings is 1. The first-order valence-electron chi connectivity index (χ1n) is 15.0. The van der Waals surface area contributed by atoms with Crippen LogP contribution in [-0.4, -0.2) is 13.0 Å². The van der Waals surface area contributed by atoms with Crippen molar-refractivity contribution in [3.05, 3.63) is 27.8 Å². The van der Waals surface area contributed by atoms with Crippen molar-refractivity contribution in [2.75, 3.05) is 0 Å². The van der Waals surface area contributed by atoms with Crippen molar-refractivity contribution in [2.24, 2.45) is 0 Å². The summed E-state index contributed by atoms with van der Waals surface area (Å²) >= 11 is 0. The van der Waals surface area contributed by atoms with Gasteiger partial charge in [0.2, 0.25) is 0 Å². The molecule has 0 fully saturated rings. The molecule has 0 saturated heterocycles. The largest absolute Gasteiger partial charge is 0.295 e. The predicted molar refractivity (Wildman–Crippen MR) is 152 cm³/mol. The molecule has 0 aliphatic heterocycles. The summed E-state index contributed by atoms with van der Waals surface area (Å²) < 4.78 is 36.5. The molecule has 0 aliphatic rings. The van der Waals surface area contributed by atoms with Crippen molar-refractivity contribution in [1.82, 2.24) is 0 Å². The quantitative estimate of drug-likeness (QED) is 0.133. The number of rotatable bonds is 21. The highest BCUT2D eigenvalue weighted by molar-refractivity contribution is 7.86. The van der Waals surface area contributed by atoms with Gasteiger partial charge >= 0.3 is 0 Å². The first-order valence-corrected chi connectivity index (χ1v) is 16.4. The second-order valence-electron chi connectivity index (χ2n) is 10.6. The lowest BCUT2D eigenvalue weighted by Gasteiger charge is -2.25. The second-order valence-corrected chi connectivity index (χ2v) is 11.9. The molecular weight excluding hydrogens is 452 g/mol. The van der Waals surface area contributed by atoms with Gasteiger partial charge in [0.1, 0.15) is 4.90 Å². The Labute approximate surface area is 218 Å². The highest BCUT2D eigenvalue weighted by Crippen LogP contribution is 2.36. The maximum absolute atomic E-state index is 13.0. The minimum Gasteiger partial charge on any atom is -0.282 e. The average molecular weight is 509 g/mol. The minimum absolute atomic E-state index is 0.298. The molecular formula is C31H56O3S. The number of hydrogen-bond acceptors (Lipinski definition) is 2. The van der Waals surface area contributed by atoms with Crippen LogP contribution in [0.5, 0.6) is 0 Å². The fraction of sp³-hybridized carbons (Fsp3) is 0.806. The van der Waals surface area contributed by atoms with Crippen LogP contribution in [0.4, 0.5) is 0 Å². The van der Waals surface area contributed by atoms with Crippen LogP contribution < -0.4 is 0 Å². The maximum atomic E-state index is 13.0. The topological polar surface area (TPSA) is 54.4 Å². The van der Waals surface area contributed by atoms with E-state index >= 15 is 0 Å². The van der Waals surface area contributed by atoms with E-state index in [0.29, 0.717) is 4.90 Å². The Hall–Kier alpha value is -0.870. The van der Waals surface area contributed by atoms with Gasteiger partial charge in [-0.1, -0.05) is 105 Å². The van der Waals surface area contributed by atoms with Crippen LogP contribution in [0, 0.1) is 6.92 Å². The zero-order valence-electron chi connectivity index (χ0n) is 23.8. The zero-order chi connectivity index (χ0) is 26.1. The summed E-state index contributed by atoms with van der Waals surface area (Å²) in [5, 5.41) is 0. The van der Waals surface area contributed by atoms with Gasteiger partial charge in [0, 0.05) is 0 Å². The summed E-state index contributed by atoms with van der Waals surface area (Å²) in [5.74, 6) is 0. The molecule has 0 bridgehead atoms. The van der Waals surface area contributed by atoms with Crippen molar-refractivity contribution in [2.45, 2.75) is 168 Å². The Morgan fingerprint density at radius 1 is 0.486 bits per heavy atom. The van der Waals surface area contributed by atoms with E-state index in [1.807, 2.05) is 0 Å². The summed E-state index contributed by atoms with van der Waals surface area (Å²) in [6.07, 6.45) is 21.6. The molecule has 4 heteroatoms. The van der Waals surface area contributed by atoms with E-state index in [0.717, 1.165) is 88.2 Å². The zero-order valence-corrected chi connectivity index (χ0v) is 24.6. The van der Waals surface area contributed by atoms with Crippen LogP contribution in [0.1, 0.15) is 158 Å². The number of hydrogen-bond donors (Lipinski definition) is 1. The van der Waals surface area contributed by atoms with Crippen LogP contribution in [0.3, 0.4) is 0 Å². The van der Waals surface area contributed by atoms with Crippen molar-refractivity contribution in [3.63, 3.8) is 0 Å². The molecule has 0 spiro atoms. The third-order valence-corrected chi connectivity index (χ3v) is 8.57. The molecule has 1 aromatic rings. The van der Waals surface area contributed by atoms with Gasteiger partial charge < -0.3 is 0 Å². The highest BCUT2D eigenvalue weighted by Gasteiger charge is 2.27. The van der Waals surface area contributed by atoms with Gasteiger partial charge in [0.05, 0.1) is 0 Å². The molecule has 0 atom stereocenters. The van der Waals surface area contributed by atoms with Crippen LogP contribution in [0.2, 0.25) is 0 Å². The van der Waals surface area contributed by atoms with Crippen LogP contribution in [0.25, 0.3) is 0 Å². The molecule has 204 valence electrons. The van der Waals surface area contributed by atoms with Gasteiger partial charge in [-0.25, -0.2) is 0 Å². The van der Waals surface area contributed by atoms with Gasteiger partial charge in [-0.2, -0.15) is 8.42 Å². The smallest absolute Gasteiger partial charge is 0.282 e. The minimum atomic E-state index is -4.28. The highest BCUT2D eigenvalue weighted by atomic mass is 32.2. The lowest BCUT2D eigenvalue weighted by molar-refractivity contribution is 0.479. The normalized spacial score (nSPS) is 11.9. The Balaban J connectivity index is 3.59. The van der Waals surface area contributed by atoms with Crippen molar-refractivity contribution < 1.29 is 13.0 Å². The van der Waals surface area contributed by atoms with Crippen LogP contribution in [0.15, 0.2) is 4.90 Å². The summed E-state index contributed by atoms with van der Waals surface area (Å²) in [5.41, 5.74) is 5.67. The fourth-order valence-electron chi connectivity index (χ4n) is 5.52. The van der Waals surface area contributed by atoms with E-state index in [4.69, 9.17) is 0 Å². The Morgan fingerprint density at radius 3 is 1.03 bits per heavy atom. The lowest BCUT2D eigenvalue weighted by Crippen LogP contribution is -2.16. The molecule has 0 heterocycles. The van der Waals surface area contributed by atoms with Gasteiger partial charge in [0.25, 0.3) is 10.1 Å². The monoisotopic (exact) mass is 508 g/mol. The lowest BCUT2D eigenvalue weighted by atomic mass is 9.84. The molecule has 0 unspecified atom stereocenters. The molecule has 0 saturated carbocycles. The van der Waals surface area contributed by atoms with Crippen LogP contribution >= 0.6 is 0 Å². The SMILES string of the molecule is CCCCCCc1c(C)c(CCCCCC)c(CCCCCC)c(S(=O)(=O)O)c1CCCCCC. The van der Waals surface area contributed by atoms with E-state index in [9.17, 15) is 13.0 Å². The summed E-state index contributed by atoms with van der Waals surface area (Å²) in [7, 11) is -4.28. The third kappa shape index (κ3) is 11.4. The van der Waals surface area contributed by atoms with Gasteiger partial charge in [-0.05, 0) is 86.1 Å². The van der Waals surface area contributed by atoms with E-state index in [1.165, 1.54) is 68.1 Å². The van der Waals surface area contributed by atoms with Crippen LogP contribution in [-0.2, 0) is 35.8 Å². The molecule has 0 aliphatic carbocycles. The van der Waals surface area contributed by atoms with Gasteiger partial charge in [-0.15, -0.1) is 0 Å². The summed E-state index contributed by atoms with van der Waals surface area (Å²) in [6, 6.07) is 0. The Kier molecular flexibility index (Phi) is 16.9. The standard InChI is InChI=1S/C31H56O3S/c1-6-10-14-18-22-27-26(5)28(23-19-15-11-7-2)30(25-21-17-13-9-4)31(35(32,33)34)29(27)24-20-16-12-8-3/h6-25H2,1-5H3,(H,32,33,34). The van der Waals surface area contributed by atoms with Gasteiger partial charge in [0.15, 0.2) is 0 Å². The maximum Gasteiger partial charge on any atom is 0.295 e. The molecule has 1 N–H and O–H groups in total. The molecule has 0 amide bonds. The second kappa shape index (κ2) is 18.4. The van der Waals surface area contributed by atoms with E-state index in [1.54, 1.807) is 0 Å². The Bertz CT molecular complexity index is 762. The molecule has 1 aromatic carbocycles. The summed E-state index contributed by atoms with van der Waals surface area (Å²) in [4.78, 5) is 0.298. The number of unbranched alkanes of at least 4 members (excludes halogenated alkanes) is 12. The first kappa shape index (κ1) is 32.2. The van der Waals surface area contributed by atoms with Crippen molar-refractivity contribution in [1.29, 1.82) is 0 Å². The average Bonchev–Trinajstić information content (AvgIpc) is 2.81. The third-order valence-electron chi connectivity index (χ3n) is 7.56. The van der Waals surface area contributed by atoms with E-state index < -0.39 is 10.1 Å². The van der Waals surface area contributed by atoms with Gasteiger partial charge in [-0.3, -0.25) is 4.55 Å². The molecule has 0 radical (unpaired) electrons. The first-order chi connectivity index (χ1) is 16.8. The molecule has 0 aromatic heterocycles. The molecule has 3 nitrogen and oxygen atoms in total. The van der Waals surface area contributed by atoms with E-state index in [-0.39, 0.29) is 0 Å². The van der Waals surface area contributed by atoms with Crippen molar-refractivity contribution in [3.8, 4) is 0 Å².